The third-order valence-corrected chi connectivity index (χ3v) is 5.08. The Hall–Kier alpha value is -1.81. The molecule has 1 aromatic carbocycles. The van der Waals surface area contributed by atoms with Crippen LogP contribution < -0.4 is 0 Å². The molecule has 23 heavy (non-hydrogen) atoms. The Balaban J connectivity index is 1.90. The minimum atomic E-state index is -0.0757. The molecule has 3 rings (SSSR count). The lowest BCUT2D eigenvalue weighted by Gasteiger charge is -2.24. The molecule has 2 N–H and O–H groups in total. The van der Waals surface area contributed by atoms with Gasteiger partial charge in [-0.25, -0.2) is 0 Å². The molecule has 1 fully saturated rings. The van der Waals surface area contributed by atoms with Crippen molar-refractivity contribution in [1.29, 1.82) is 0 Å². The lowest BCUT2D eigenvalue weighted by molar-refractivity contribution is -0.113. The highest BCUT2D eigenvalue weighted by Gasteiger charge is 2.36. The van der Waals surface area contributed by atoms with Crippen molar-refractivity contribution < 1.29 is 19.7 Å². The van der Waals surface area contributed by atoms with E-state index in [1.54, 1.807) is 12.1 Å². The van der Waals surface area contributed by atoms with Crippen molar-refractivity contribution in [3.8, 4) is 5.75 Å². The number of carbonyl (C=O) groups is 1. The van der Waals surface area contributed by atoms with E-state index in [0.29, 0.717) is 17.9 Å². The molecule has 1 aliphatic heterocycles. The van der Waals surface area contributed by atoms with Gasteiger partial charge in [0.25, 0.3) is 0 Å². The standard InChI is InChI=1S/C19H24O4/c1-11-7-15(20)8-12(2)17(11)18-16(21)10-14(19(18)22)9-13-3-5-23-6-4-13/h7-8,13-14,20,22H,3-6,9-10H2,1-2H3. The normalized spacial score (nSPS) is 22.9. The summed E-state index contributed by atoms with van der Waals surface area (Å²) in [7, 11) is 0. The van der Waals surface area contributed by atoms with E-state index < -0.39 is 0 Å². The molecule has 1 aromatic rings. The molecule has 0 radical (unpaired) electrons. The topological polar surface area (TPSA) is 66.8 Å². The predicted octanol–water partition coefficient (Wildman–Crippen LogP) is 3.68. The second-order valence-corrected chi connectivity index (χ2v) is 6.83. The van der Waals surface area contributed by atoms with E-state index in [0.717, 1.165) is 49.2 Å². The monoisotopic (exact) mass is 316 g/mol. The molecule has 1 unspecified atom stereocenters. The Morgan fingerprint density at radius 3 is 2.35 bits per heavy atom. The summed E-state index contributed by atoms with van der Waals surface area (Å²) >= 11 is 0. The van der Waals surface area contributed by atoms with Gasteiger partial charge in [-0.1, -0.05) is 0 Å². The number of aliphatic hydroxyl groups excluding tert-OH is 1. The quantitative estimate of drug-likeness (QED) is 0.892. The number of aliphatic hydroxyl groups is 1. The van der Waals surface area contributed by atoms with Gasteiger partial charge in [0.2, 0.25) is 0 Å². The number of phenols is 1. The predicted molar refractivity (Wildman–Crippen MR) is 88.4 cm³/mol. The first-order valence-corrected chi connectivity index (χ1v) is 8.32. The number of ketones is 1. The minimum absolute atomic E-state index is 0.0106. The molecule has 4 nitrogen and oxygen atoms in total. The smallest absolute Gasteiger partial charge is 0.167 e. The number of aryl methyl sites for hydroxylation is 2. The Kier molecular flexibility index (Phi) is 4.44. The van der Waals surface area contributed by atoms with Crippen molar-refractivity contribution in [3.63, 3.8) is 0 Å². The molecule has 2 aliphatic rings. The molecular weight excluding hydrogens is 292 g/mol. The van der Waals surface area contributed by atoms with Crippen LogP contribution in [0.25, 0.3) is 5.57 Å². The molecule has 0 aromatic heterocycles. The number of hydrogen-bond acceptors (Lipinski definition) is 4. The van der Waals surface area contributed by atoms with Gasteiger partial charge in [-0.15, -0.1) is 0 Å². The van der Waals surface area contributed by atoms with Crippen LogP contribution in [-0.2, 0) is 9.53 Å². The van der Waals surface area contributed by atoms with E-state index in [2.05, 4.69) is 0 Å². The first-order chi connectivity index (χ1) is 11.0. The SMILES string of the molecule is Cc1cc(O)cc(C)c1C1=C(O)C(CC2CCOCC2)CC1=O. The van der Waals surface area contributed by atoms with Crippen LogP contribution in [0.3, 0.4) is 0 Å². The fourth-order valence-electron chi connectivity index (χ4n) is 3.95. The molecule has 1 aliphatic carbocycles. The maximum absolute atomic E-state index is 12.5. The molecule has 0 bridgehead atoms. The van der Waals surface area contributed by atoms with Crippen molar-refractivity contribution in [3.05, 3.63) is 34.6 Å². The Labute approximate surface area is 136 Å². The molecule has 0 saturated carbocycles. The fraction of sp³-hybridized carbons (Fsp3) is 0.526. The molecule has 1 saturated heterocycles. The first kappa shape index (κ1) is 16.1. The van der Waals surface area contributed by atoms with Crippen LogP contribution in [0, 0.1) is 25.7 Å². The number of benzene rings is 1. The van der Waals surface area contributed by atoms with Gasteiger partial charge in [-0.2, -0.15) is 0 Å². The highest BCUT2D eigenvalue weighted by atomic mass is 16.5. The second-order valence-electron chi connectivity index (χ2n) is 6.83. The highest BCUT2D eigenvalue weighted by molar-refractivity contribution is 6.24. The summed E-state index contributed by atoms with van der Waals surface area (Å²) in [4.78, 5) is 12.5. The number of Topliss-reactive ketones (excluding diaryl/α,β-unsaturated/α-hetero) is 1. The first-order valence-electron chi connectivity index (χ1n) is 8.32. The summed E-state index contributed by atoms with van der Waals surface area (Å²) in [5.74, 6) is 0.876. The van der Waals surface area contributed by atoms with E-state index >= 15 is 0 Å². The number of ether oxygens (including phenoxy) is 1. The number of rotatable bonds is 3. The second kappa shape index (κ2) is 6.36. The van der Waals surface area contributed by atoms with E-state index in [1.807, 2.05) is 13.8 Å². The van der Waals surface area contributed by atoms with E-state index in [9.17, 15) is 15.0 Å². The van der Waals surface area contributed by atoms with Gasteiger partial charge in [0, 0.05) is 25.6 Å². The number of hydrogen-bond donors (Lipinski definition) is 2. The molecule has 1 heterocycles. The molecule has 1 atom stereocenters. The summed E-state index contributed by atoms with van der Waals surface area (Å²) in [5.41, 5.74) is 2.88. The fourth-order valence-corrected chi connectivity index (χ4v) is 3.95. The van der Waals surface area contributed by atoms with E-state index in [1.165, 1.54) is 0 Å². The van der Waals surface area contributed by atoms with Crippen molar-refractivity contribution in [2.24, 2.45) is 11.8 Å². The highest BCUT2D eigenvalue weighted by Crippen LogP contribution is 2.41. The summed E-state index contributed by atoms with van der Waals surface area (Å²) in [6, 6.07) is 3.28. The molecule has 4 heteroatoms. The van der Waals surface area contributed by atoms with Crippen LogP contribution in [0.5, 0.6) is 5.75 Å². The van der Waals surface area contributed by atoms with Crippen molar-refractivity contribution >= 4 is 11.4 Å². The Morgan fingerprint density at radius 1 is 1.13 bits per heavy atom. The number of aromatic hydroxyl groups is 1. The summed E-state index contributed by atoms with van der Waals surface area (Å²) in [6.07, 6.45) is 3.24. The lowest BCUT2D eigenvalue weighted by atomic mass is 9.88. The van der Waals surface area contributed by atoms with Crippen LogP contribution in [0.15, 0.2) is 17.9 Å². The summed E-state index contributed by atoms with van der Waals surface area (Å²) < 4.78 is 5.38. The maximum Gasteiger partial charge on any atom is 0.167 e. The van der Waals surface area contributed by atoms with Crippen LogP contribution in [0.2, 0.25) is 0 Å². The van der Waals surface area contributed by atoms with E-state index in [4.69, 9.17) is 4.74 Å². The van der Waals surface area contributed by atoms with Gasteiger partial charge in [0.05, 0.1) is 5.57 Å². The zero-order chi connectivity index (χ0) is 16.6. The zero-order valence-corrected chi connectivity index (χ0v) is 13.8. The van der Waals surface area contributed by atoms with Crippen LogP contribution >= 0.6 is 0 Å². The maximum atomic E-state index is 12.5. The van der Waals surface area contributed by atoms with Gasteiger partial charge in [-0.05, 0) is 67.9 Å². The van der Waals surface area contributed by atoms with Crippen molar-refractivity contribution in [1.82, 2.24) is 0 Å². The largest absolute Gasteiger partial charge is 0.511 e. The third-order valence-electron chi connectivity index (χ3n) is 5.08. The third kappa shape index (κ3) is 3.13. The number of carbonyl (C=O) groups excluding carboxylic acids is 1. The minimum Gasteiger partial charge on any atom is -0.511 e. The van der Waals surface area contributed by atoms with Crippen LogP contribution in [0.4, 0.5) is 0 Å². The van der Waals surface area contributed by atoms with Crippen molar-refractivity contribution in [2.75, 3.05) is 13.2 Å². The van der Waals surface area contributed by atoms with Crippen LogP contribution in [-0.4, -0.2) is 29.2 Å². The van der Waals surface area contributed by atoms with Gasteiger partial charge in [-0.3, -0.25) is 4.79 Å². The Morgan fingerprint density at radius 2 is 1.74 bits per heavy atom. The number of phenolic OH excluding ortho intramolecular Hbond substituents is 1. The molecule has 0 amide bonds. The molecular formula is C19H24O4. The summed E-state index contributed by atoms with van der Waals surface area (Å²) in [5, 5.41) is 20.4. The Bertz CT molecular complexity index is 630. The average molecular weight is 316 g/mol. The zero-order valence-electron chi connectivity index (χ0n) is 13.8. The average Bonchev–Trinajstić information content (AvgIpc) is 2.75. The van der Waals surface area contributed by atoms with Crippen molar-refractivity contribution in [2.45, 2.75) is 39.5 Å². The van der Waals surface area contributed by atoms with Gasteiger partial charge in [0.1, 0.15) is 11.5 Å². The molecule has 0 spiro atoms. The summed E-state index contributed by atoms with van der Waals surface area (Å²) in [6.45, 7) is 5.28. The molecule has 124 valence electrons. The van der Waals surface area contributed by atoms with E-state index in [-0.39, 0.29) is 23.2 Å². The number of allylic oxidation sites excluding steroid dienone is 2. The van der Waals surface area contributed by atoms with Gasteiger partial charge in [0.15, 0.2) is 5.78 Å². The van der Waals surface area contributed by atoms with Gasteiger partial charge >= 0.3 is 0 Å². The van der Waals surface area contributed by atoms with Gasteiger partial charge < -0.3 is 14.9 Å². The lowest BCUT2D eigenvalue weighted by Crippen LogP contribution is -2.19. The van der Waals surface area contributed by atoms with Crippen LogP contribution in [0.1, 0.15) is 42.4 Å².